The lowest BCUT2D eigenvalue weighted by Crippen LogP contribution is -2.31. The zero-order chi connectivity index (χ0) is 11.5. The van der Waals surface area contributed by atoms with Crippen LogP contribution >= 0.6 is 15.9 Å². The molecule has 0 unspecified atom stereocenters. The minimum atomic E-state index is -0.786. The van der Waals surface area contributed by atoms with Gasteiger partial charge in [0, 0.05) is 6.54 Å². The summed E-state index contributed by atoms with van der Waals surface area (Å²) in [6.45, 7) is 1.49. The molecule has 1 saturated carbocycles. The average molecular weight is 288 g/mol. The number of carboxylic acid groups (broad SMARTS) is 1. The zero-order valence-corrected chi connectivity index (χ0v) is 10.4. The molecule has 0 spiro atoms. The van der Waals surface area contributed by atoms with Crippen LogP contribution in [0.2, 0.25) is 0 Å². The van der Waals surface area contributed by atoms with Gasteiger partial charge in [0.25, 0.3) is 0 Å². The van der Waals surface area contributed by atoms with Gasteiger partial charge in [-0.05, 0) is 46.8 Å². The maximum atomic E-state index is 10.7. The highest BCUT2D eigenvalue weighted by atomic mass is 79.9. The number of furan rings is 1. The molecule has 0 aromatic carbocycles. The molecule has 0 atom stereocenters. The third-order valence-corrected chi connectivity index (χ3v) is 3.01. The minimum Gasteiger partial charge on any atom is -0.480 e. The van der Waals surface area contributed by atoms with E-state index in [0.717, 1.165) is 12.3 Å². The summed E-state index contributed by atoms with van der Waals surface area (Å²) < 4.78 is 6.06. The Morgan fingerprint density at radius 1 is 1.56 bits per heavy atom. The molecule has 1 heterocycles. The van der Waals surface area contributed by atoms with Crippen molar-refractivity contribution in [2.24, 2.45) is 5.92 Å². The second kappa shape index (κ2) is 5.01. The van der Waals surface area contributed by atoms with Crippen LogP contribution in [0.25, 0.3) is 0 Å². The van der Waals surface area contributed by atoms with E-state index in [-0.39, 0.29) is 6.54 Å². The number of aliphatic carboxylic acids is 1. The molecule has 0 saturated heterocycles. The molecular formula is C11H14BrNO3. The Labute approximate surface area is 102 Å². The number of hydrogen-bond acceptors (Lipinski definition) is 3. The first kappa shape index (κ1) is 11.7. The third kappa shape index (κ3) is 3.64. The van der Waals surface area contributed by atoms with Crippen LogP contribution in [0.3, 0.4) is 0 Å². The molecule has 0 aliphatic heterocycles. The van der Waals surface area contributed by atoms with Crippen LogP contribution in [0, 0.1) is 5.92 Å². The number of halogens is 1. The van der Waals surface area contributed by atoms with Crippen molar-refractivity contribution in [2.45, 2.75) is 19.4 Å². The van der Waals surface area contributed by atoms with Crippen LogP contribution in [-0.4, -0.2) is 29.1 Å². The normalized spacial score (nSPS) is 15.6. The highest BCUT2D eigenvalue weighted by molar-refractivity contribution is 9.10. The van der Waals surface area contributed by atoms with E-state index in [2.05, 4.69) is 15.9 Å². The average Bonchev–Trinajstić information content (AvgIpc) is 2.89. The number of carboxylic acids is 1. The zero-order valence-electron chi connectivity index (χ0n) is 8.86. The largest absolute Gasteiger partial charge is 0.480 e. The van der Waals surface area contributed by atoms with Crippen molar-refractivity contribution in [3.8, 4) is 0 Å². The highest BCUT2D eigenvalue weighted by Gasteiger charge is 2.25. The number of rotatable bonds is 6. The maximum absolute atomic E-state index is 10.7. The van der Waals surface area contributed by atoms with Crippen LogP contribution in [0.15, 0.2) is 21.2 Å². The maximum Gasteiger partial charge on any atom is 0.317 e. The lowest BCUT2D eigenvalue weighted by atomic mass is 10.3. The van der Waals surface area contributed by atoms with Gasteiger partial charge in [-0.15, -0.1) is 0 Å². The summed E-state index contributed by atoms with van der Waals surface area (Å²) in [4.78, 5) is 12.6. The Balaban J connectivity index is 1.91. The number of hydrogen-bond donors (Lipinski definition) is 1. The fourth-order valence-electron chi connectivity index (χ4n) is 1.70. The van der Waals surface area contributed by atoms with Crippen LogP contribution in [-0.2, 0) is 11.3 Å². The van der Waals surface area contributed by atoms with E-state index in [1.165, 1.54) is 12.8 Å². The molecule has 0 amide bonds. The Morgan fingerprint density at radius 3 is 2.81 bits per heavy atom. The third-order valence-electron chi connectivity index (χ3n) is 2.58. The van der Waals surface area contributed by atoms with E-state index >= 15 is 0 Å². The summed E-state index contributed by atoms with van der Waals surface area (Å²) in [5, 5.41) is 8.82. The van der Waals surface area contributed by atoms with Gasteiger partial charge in [-0.2, -0.15) is 0 Å². The van der Waals surface area contributed by atoms with Crippen LogP contribution in [0.1, 0.15) is 18.6 Å². The van der Waals surface area contributed by atoms with E-state index < -0.39 is 5.97 Å². The molecule has 88 valence electrons. The van der Waals surface area contributed by atoms with Crippen molar-refractivity contribution in [3.05, 3.63) is 22.6 Å². The molecule has 2 rings (SSSR count). The van der Waals surface area contributed by atoms with Gasteiger partial charge in [0.15, 0.2) is 4.67 Å². The first-order valence-corrected chi connectivity index (χ1v) is 6.11. The highest BCUT2D eigenvalue weighted by Crippen LogP contribution is 2.30. The lowest BCUT2D eigenvalue weighted by molar-refractivity contribution is -0.138. The molecule has 0 bridgehead atoms. The predicted molar refractivity (Wildman–Crippen MR) is 62.0 cm³/mol. The van der Waals surface area contributed by atoms with Crippen molar-refractivity contribution >= 4 is 21.9 Å². The smallest absolute Gasteiger partial charge is 0.317 e. The second-order valence-electron chi connectivity index (χ2n) is 4.21. The molecule has 1 aromatic rings. The molecular weight excluding hydrogens is 274 g/mol. The lowest BCUT2D eigenvalue weighted by Gasteiger charge is -2.18. The molecule has 1 aliphatic rings. The predicted octanol–water partition coefficient (Wildman–Crippen LogP) is 2.34. The first-order valence-electron chi connectivity index (χ1n) is 5.32. The standard InChI is InChI=1S/C11H14BrNO3/c12-10-4-3-9(16-10)6-13(7-11(14)15)5-8-1-2-8/h3-4,8H,1-2,5-7H2,(H,14,15). The molecule has 1 aliphatic carbocycles. The van der Waals surface area contributed by atoms with Crippen molar-refractivity contribution in [1.82, 2.24) is 4.90 Å². The van der Waals surface area contributed by atoms with E-state index in [1.807, 2.05) is 17.0 Å². The van der Waals surface area contributed by atoms with Crippen molar-refractivity contribution in [1.29, 1.82) is 0 Å². The molecule has 1 fully saturated rings. The van der Waals surface area contributed by atoms with Crippen LogP contribution < -0.4 is 0 Å². The van der Waals surface area contributed by atoms with Gasteiger partial charge in [-0.3, -0.25) is 9.69 Å². The molecule has 1 N–H and O–H groups in total. The van der Waals surface area contributed by atoms with E-state index in [4.69, 9.17) is 9.52 Å². The van der Waals surface area contributed by atoms with Crippen LogP contribution in [0.5, 0.6) is 0 Å². The Kier molecular flexibility index (Phi) is 3.66. The van der Waals surface area contributed by atoms with Gasteiger partial charge in [0.05, 0.1) is 13.1 Å². The first-order chi connectivity index (χ1) is 7.63. The molecule has 4 nitrogen and oxygen atoms in total. The van der Waals surface area contributed by atoms with Gasteiger partial charge in [-0.25, -0.2) is 0 Å². The number of carbonyl (C=O) groups is 1. The van der Waals surface area contributed by atoms with E-state index in [0.29, 0.717) is 17.1 Å². The summed E-state index contributed by atoms with van der Waals surface area (Å²) in [5.74, 6) is 0.692. The van der Waals surface area contributed by atoms with Gasteiger partial charge < -0.3 is 9.52 Å². The Morgan fingerprint density at radius 2 is 2.31 bits per heavy atom. The van der Waals surface area contributed by atoms with Crippen molar-refractivity contribution < 1.29 is 14.3 Å². The van der Waals surface area contributed by atoms with Crippen molar-refractivity contribution in [2.75, 3.05) is 13.1 Å². The summed E-state index contributed by atoms with van der Waals surface area (Å²) in [6.07, 6.45) is 2.44. The molecule has 1 aromatic heterocycles. The molecule has 0 radical (unpaired) electrons. The topological polar surface area (TPSA) is 53.7 Å². The monoisotopic (exact) mass is 287 g/mol. The fraction of sp³-hybridized carbons (Fsp3) is 0.545. The van der Waals surface area contributed by atoms with Crippen molar-refractivity contribution in [3.63, 3.8) is 0 Å². The minimum absolute atomic E-state index is 0.0782. The second-order valence-corrected chi connectivity index (χ2v) is 4.99. The quantitative estimate of drug-likeness (QED) is 0.873. The van der Waals surface area contributed by atoms with E-state index in [1.54, 1.807) is 0 Å². The van der Waals surface area contributed by atoms with Gasteiger partial charge in [0.2, 0.25) is 0 Å². The van der Waals surface area contributed by atoms with Gasteiger partial charge in [-0.1, -0.05) is 0 Å². The Hall–Kier alpha value is -0.810. The van der Waals surface area contributed by atoms with Crippen LogP contribution in [0.4, 0.5) is 0 Å². The fourth-order valence-corrected chi connectivity index (χ4v) is 2.04. The summed E-state index contributed by atoms with van der Waals surface area (Å²) >= 11 is 3.23. The number of nitrogens with zero attached hydrogens (tertiary/aromatic N) is 1. The summed E-state index contributed by atoms with van der Waals surface area (Å²) in [7, 11) is 0. The SMILES string of the molecule is O=C(O)CN(Cc1ccc(Br)o1)CC1CC1. The summed E-state index contributed by atoms with van der Waals surface area (Å²) in [6, 6.07) is 3.69. The van der Waals surface area contributed by atoms with Gasteiger partial charge in [0.1, 0.15) is 5.76 Å². The summed E-state index contributed by atoms with van der Waals surface area (Å²) in [5.41, 5.74) is 0. The molecule has 5 heteroatoms. The van der Waals surface area contributed by atoms with E-state index in [9.17, 15) is 4.79 Å². The Bertz CT molecular complexity index is 373. The molecule has 16 heavy (non-hydrogen) atoms. The van der Waals surface area contributed by atoms with Gasteiger partial charge >= 0.3 is 5.97 Å².